The number of carbonyl (C=O) groups is 1. The standard InChI is InChI=1S/C19H16ClN5O3/c1-11-2-3-13(9-16(11)25(27)28)10-22-19-17(18(21)26)15(23-24-19)8-12-4-6-14(20)7-5-12/h2-7,9-10H,8H2,1H3,(H2,21,26)(H,23,24). The number of hydrogen-bond donors (Lipinski definition) is 2. The van der Waals surface area contributed by atoms with Crippen molar-refractivity contribution in [1.82, 2.24) is 10.2 Å². The van der Waals surface area contributed by atoms with Gasteiger partial charge in [0.05, 0.1) is 10.6 Å². The Morgan fingerprint density at radius 3 is 2.68 bits per heavy atom. The molecule has 0 spiro atoms. The molecule has 0 aliphatic rings. The highest BCUT2D eigenvalue weighted by Crippen LogP contribution is 2.23. The lowest BCUT2D eigenvalue weighted by Gasteiger charge is -2.02. The lowest BCUT2D eigenvalue weighted by atomic mass is 10.1. The molecule has 0 saturated carbocycles. The number of halogens is 1. The van der Waals surface area contributed by atoms with Crippen LogP contribution in [0.5, 0.6) is 0 Å². The van der Waals surface area contributed by atoms with Crippen molar-refractivity contribution in [2.45, 2.75) is 13.3 Å². The molecule has 1 amide bonds. The summed E-state index contributed by atoms with van der Waals surface area (Å²) >= 11 is 5.88. The third-order valence-electron chi connectivity index (χ3n) is 4.13. The molecular formula is C19H16ClN5O3. The van der Waals surface area contributed by atoms with Crippen molar-refractivity contribution >= 4 is 35.2 Å². The number of amides is 1. The summed E-state index contributed by atoms with van der Waals surface area (Å²) in [6.45, 7) is 1.65. The zero-order valence-corrected chi connectivity index (χ0v) is 15.6. The topological polar surface area (TPSA) is 127 Å². The van der Waals surface area contributed by atoms with Crippen molar-refractivity contribution in [2.75, 3.05) is 0 Å². The van der Waals surface area contributed by atoms with E-state index in [1.165, 1.54) is 12.3 Å². The fourth-order valence-corrected chi connectivity index (χ4v) is 2.82. The van der Waals surface area contributed by atoms with Gasteiger partial charge in [-0.2, -0.15) is 5.10 Å². The van der Waals surface area contributed by atoms with E-state index in [-0.39, 0.29) is 17.1 Å². The summed E-state index contributed by atoms with van der Waals surface area (Å²) in [7, 11) is 0. The van der Waals surface area contributed by atoms with Gasteiger partial charge in [-0.15, -0.1) is 0 Å². The van der Waals surface area contributed by atoms with Crippen molar-refractivity contribution in [1.29, 1.82) is 0 Å². The Bertz CT molecular complexity index is 1070. The monoisotopic (exact) mass is 397 g/mol. The molecule has 2 aromatic carbocycles. The fraction of sp³-hybridized carbons (Fsp3) is 0.105. The number of nitro benzene ring substituents is 1. The van der Waals surface area contributed by atoms with Crippen LogP contribution in [0.25, 0.3) is 0 Å². The van der Waals surface area contributed by atoms with Crippen LogP contribution in [0.1, 0.15) is 32.7 Å². The number of nitrogens with two attached hydrogens (primary N) is 1. The molecule has 3 N–H and O–H groups in total. The van der Waals surface area contributed by atoms with E-state index in [0.717, 1.165) is 5.56 Å². The summed E-state index contributed by atoms with van der Waals surface area (Å²) in [5.74, 6) is -0.542. The Labute approximate surface area is 165 Å². The largest absolute Gasteiger partial charge is 0.365 e. The van der Waals surface area contributed by atoms with Gasteiger partial charge in [0.25, 0.3) is 11.6 Å². The van der Waals surface area contributed by atoms with Crippen LogP contribution in [0.3, 0.4) is 0 Å². The van der Waals surface area contributed by atoms with Crippen molar-refractivity contribution < 1.29 is 9.72 Å². The lowest BCUT2D eigenvalue weighted by molar-refractivity contribution is -0.385. The van der Waals surface area contributed by atoms with E-state index in [4.69, 9.17) is 17.3 Å². The number of rotatable bonds is 6. The van der Waals surface area contributed by atoms with Gasteiger partial charge in [0.15, 0.2) is 5.82 Å². The number of aromatic nitrogens is 2. The van der Waals surface area contributed by atoms with Crippen molar-refractivity contribution in [3.63, 3.8) is 0 Å². The number of aryl methyl sites for hydroxylation is 1. The molecule has 3 rings (SSSR count). The number of hydrogen-bond acceptors (Lipinski definition) is 5. The molecule has 0 aliphatic heterocycles. The minimum Gasteiger partial charge on any atom is -0.365 e. The molecule has 0 saturated heterocycles. The first-order chi connectivity index (χ1) is 13.3. The summed E-state index contributed by atoms with van der Waals surface area (Å²) in [5, 5.41) is 18.5. The zero-order chi connectivity index (χ0) is 20.3. The maximum atomic E-state index is 11.9. The van der Waals surface area contributed by atoms with Gasteiger partial charge < -0.3 is 5.73 Å². The van der Waals surface area contributed by atoms with E-state index in [1.54, 1.807) is 31.2 Å². The third-order valence-corrected chi connectivity index (χ3v) is 4.38. The molecule has 28 heavy (non-hydrogen) atoms. The van der Waals surface area contributed by atoms with Crippen LogP contribution in [0.2, 0.25) is 5.02 Å². The van der Waals surface area contributed by atoms with Gasteiger partial charge in [-0.05, 0) is 30.2 Å². The normalized spacial score (nSPS) is 11.1. The number of nitro groups is 1. The van der Waals surface area contributed by atoms with Crippen molar-refractivity contribution in [2.24, 2.45) is 10.7 Å². The minimum absolute atomic E-state index is 0.00969. The smallest absolute Gasteiger partial charge is 0.272 e. The second kappa shape index (κ2) is 8.01. The number of nitrogens with one attached hydrogen (secondary N) is 1. The number of H-pyrrole nitrogens is 1. The molecular weight excluding hydrogens is 382 g/mol. The van der Waals surface area contributed by atoms with Gasteiger partial charge in [0.1, 0.15) is 5.56 Å². The molecule has 3 aromatic rings. The molecule has 1 aromatic heterocycles. The Hall–Kier alpha value is -3.52. The van der Waals surface area contributed by atoms with Crippen LogP contribution in [-0.2, 0) is 6.42 Å². The summed E-state index contributed by atoms with van der Waals surface area (Å²) in [6.07, 6.45) is 1.80. The van der Waals surface area contributed by atoms with E-state index in [2.05, 4.69) is 15.2 Å². The van der Waals surface area contributed by atoms with E-state index < -0.39 is 10.8 Å². The molecule has 142 valence electrons. The van der Waals surface area contributed by atoms with Crippen LogP contribution in [0.15, 0.2) is 47.5 Å². The SMILES string of the molecule is Cc1ccc(C=Nc2n[nH]c(Cc3ccc(Cl)cc3)c2C(N)=O)cc1[N+](=O)[O-]. The highest BCUT2D eigenvalue weighted by Gasteiger charge is 2.18. The molecule has 0 atom stereocenters. The van der Waals surface area contributed by atoms with Gasteiger partial charge in [-0.3, -0.25) is 20.0 Å². The van der Waals surface area contributed by atoms with Crippen LogP contribution in [0.4, 0.5) is 11.5 Å². The Balaban J connectivity index is 1.90. The lowest BCUT2D eigenvalue weighted by Crippen LogP contribution is -2.13. The predicted octanol–water partition coefficient (Wildman–Crippen LogP) is 3.72. The molecule has 0 radical (unpaired) electrons. The first-order valence-corrected chi connectivity index (χ1v) is 8.63. The molecule has 8 nitrogen and oxygen atoms in total. The maximum absolute atomic E-state index is 11.9. The average molecular weight is 398 g/mol. The number of benzene rings is 2. The van der Waals surface area contributed by atoms with E-state index in [9.17, 15) is 14.9 Å². The van der Waals surface area contributed by atoms with E-state index >= 15 is 0 Å². The molecule has 0 fully saturated rings. The highest BCUT2D eigenvalue weighted by molar-refractivity contribution is 6.30. The highest BCUT2D eigenvalue weighted by atomic mass is 35.5. The number of nitrogens with zero attached hydrogens (tertiary/aromatic N) is 3. The molecule has 1 heterocycles. The molecule has 0 unspecified atom stereocenters. The Morgan fingerprint density at radius 2 is 2.04 bits per heavy atom. The summed E-state index contributed by atoms with van der Waals surface area (Å²) < 4.78 is 0. The minimum atomic E-state index is -0.667. The van der Waals surface area contributed by atoms with E-state index in [0.29, 0.717) is 28.3 Å². The Morgan fingerprint density at radius 1 is 1.32 bits per heavy atom. The van der Waals surface area contributed by atoms with Crippen LogP contribution < -0.4 is 5.73 Å². The number of primary amides is 1. The van der Waals surface area contributed by atoms with Gasteiger partial charge in [-0.25, -0.2) is 4.99 Å². The fourth-order valence-electron chi connectivity index (χ4n) is 2.69. The number of aliphatic imine (C=N–C) groups is 1. The van der Waals surface area contributed by atoms with Crippen LogP contribution in [-0.4, -0.2) is 27.2 Å². The second-order valence-corrected chi connectivity index (χ2v) is 6.57. The Kier molecular flexibility index (Phi) is 5.51. The van der Waals surface area contributed by atoms with Crippen LogP contribution in [0, 0.1) is 17.0 Å². The first kappa shape index (κ1) is 19.2. The van der Waals surface area contributed by atoms with Gasteiger partial charge in [0, 0.05) is 29.3 Å². The summed E-state index contributed by atoms with van der Waals surface area (Å²) in [6, 6.07) is 11.9. The van der Waals surface area contributed by atoms with Crippen molar-refractivity contribution in [3.05, 3.63) is 85.5 Å². The molecule has 9 heteroatoms. The first-order valence-electron chi connectivity index (χ1n) is 8.25. The van der Waals surface area contributed by atoms with Crippen LogP contribution >= 0.6 is 11.6 Å². The number of carbonyl (C=O) groups excluding carboxylic acids is 1. The zero-order valence-electron chi connectivity index (χ0n) is 14.8. The average Bonchev–Trinajstić information content (AvgIpc) is 3.05. The number of aromatic amines is 1. The second-order valence-electron chi connectivity index (χ2n) is 6.13. The van der Waals surface area contributed by atoms with Gasteiger partial charge in [0.2, 0.25) is 0 Å². The summed E-state index contributed by atoms with van der Waals surface area (Å²) in [4.78, 5) is 26.7. The predicted molar refractivity (Wildman–Crippen MR) is 106 cm³/mol. The van der Waals surface area contributed by atoms with Gasteiger partial charge in [-0.1, -0.05) is 35.9 Å². The molecule has 0 aliphatic carbocycles. The molecule has 0 bridgehead atoms. The summed E-state index contributed by atoms with van der Waals surface area (Å²) in [5.41, 5.74) is 8.17. The van der Waals surface area contributed by atoms with E-state index in [1.807, 2.05) is 12.1 Å². The van der Waals surface area contributed by atoms with Gasteiger partial charge >= 0.3 is 0 Å². The van der Waals surface area contributed by atoms with Crippen molar-refractivity contribution in [3.8, 4) is 0 Å². The quantitative estimate of drug-likeness (QED) is 0.373. The third kappa shape index (κ3) is 4.24. The maximum Gasteiger partial charge on any atom is 0.272 e.